The van der Waals surface area contributed by atoms with Gasteiger partial charge in [-0.2, -0.15) is 10.2 Å². The van der Waals surface area contributed by atoms with E-state index in [9.17, 15) is 0 Å². The minimum Gasteiger partial charge on any atom is -0.355 e. The second kappa shape index (κ2) is 9.59. The van der Waals surface area contributed by atoms with Crippen molar-refractivity contribution in [1.29, 1.82) is 0 Å². The Morgan fingerprint density at radius 2 is 1.59 bits per heavy atom. The number of hydrogen-bond donors (Lipinski definition) is 2. The molecule has 0 aromatic heterocycles. The number of guanidine groups is 2. The predicted molar refractivity (Wildman–Crippen MR) is 102 cm³/mol. The average Bonchev–Trinajstić information content (AvgIpc) is 2.54. The minimum absolute atomic E-state index is 0. The molecule has 0 bridgehead atoms. The molecule has 0 atom stereocenters. The number of aliphatic imine (C=N–C) groups is 2. The second-order valence-corrected chi connectivity index (χ2v) is 5.00. The molecule has 22 heavy (non-hydrogen) atoms. The molecule has 2 N–H and O–H groups in total. The molecule has 2 aliphatic rings. The molecule has 0 aromatic rings. The largest absolute Gasteiger partial charge is 0.355 e. The van der Waals surface area contributed by atoms with E-state index in [1.165, 1.54) is 0 Å². The van der Waals surface area contributed by atoms with E-state index in [1.54, 1.807) is 16.2 Å². The van der Waals surface area contributed by atoms with Crippen LogP contribution in [-0.2, 0) is 0 Å². The van der Waals surface area contributed by atoms with Gasteiger partial charge >= 0.3 is 0 Å². The molecule has 0 aromatic carbocycles. The Balaban J connectivity index is 0.00000242. The molecule has 0 unspecified atom stereocenters. The summed E-state index contributed by atoms with van der Waals surface area (Å²) in [5, 5.41) is 18.7. The van der Waals surface area contributed by atoms with E-state index in [2.05, 4.69) is 30.8 Å². The Labute approximate surface area is 148 Å². The van der Waals surface area contributed by atoms with E-state index in [0.29, 0.717) is 0 Å². The Morgan fingerprint density at radius 1 is 1.05 bits per heavy atom. The van der Waals surface area contributed by atoms with E-state index in [-0.39, 0.29) is 24.0 Å². The lowest BCUT2D eigenvalue weighted by Crippen LogP contribution is -2.40. The third-order valence-corrected chi connectivity index (χ3v) is 3.10. The molecule has 0 fully saturated rings. The monoisotopic (exact) mass is 420 g/mol. The molecular formula is C13H25IN8. The number of nitrogens with zero attached hydrogens (tertiary/aromatic N) is 6. The van der Waals surface area contributed by atoms with Crippen molar-refractivity contribution in [2.75, 3.05) is 40.3 Å². The molecule has 0 radical (unpaired) electrons. The van der Waals surface area contributed by atoms with E-state index < -0.39 is 0 Å². The van der Waals surface area contributed by atoms with Gasteiger partial charge in [0.05, 0.1) is 11.9 Å². The van der Waals surface area contributed by atoms with Gasteiger partial charge in [0.25, 0.3) is 0 Å². The first kappa shape index (κ1) is 18.7. The van der Waals surface area contributed by atoms with Crippen LogP contribution in [0.1, 0.15) is 19.8 Å². The van der Waals surface area contributed by atoms with Crippen LogP contribution in [0, 0.1) is 0 Å². The molecule has 2 rings (SSSR count). The van der Waals surface area contributed by atoms with Crippen LogP contribution in [0.5, 0.6) is 0 Å². The Kier molecular flexibility index (Phi) is 8.13. The molecule has 2 aliphatic heterocycles. The maximum Gasteiger partial charge on any atom is 0.214 e. The highest BCUT2D eigenvalue weighted by atomic mass is 127. The minimum atomic E-state index is 0. The van der Waals surface area contributed by atoms with Crippen LogP contribution < -0.4 is 10.6 Å². The van der Waals surface area contributed by atoms with Crippen LogP contribution in [0.4, 0.5) is 0 Å². The van der Waals surface area contributed by atoms with Crippen LogP contribution in [-0.4, -0.2) is 74.1 Å². The van der Waals surface area contributed by atoms with Gasteiger partial charge in [0.2, 0.25) is 11.9 Å². The molecule has 0 saturated carbocycles. The van der Waals surface area contributed by atoms with Gasteiger partial charge in [0.15, 0.2) is 0 Å². The summed E-state index contributed by atoms with van der Waals surface area (Å²) in [5.74, 6) is 1.61. The Hall–Kier alpha value is -1.39. The summed E-state index contributed by atoms with van der Waals surface area (Å²) in [4.78, 5) is 8.77. The predicted octanol–water partition coefficient (Wildman–Crippen LogP) is 0.528. The molecule has 0 aliphatic carbocycles. The lowest BCUT2D eigenvalue weighted by Gasteiger charge is -2.21. The van der Waals surface area contributed by atoms with Crippen LogP contribution >= 0.6 is 24.0 Å². The molecule has 0 amide bonds. The number of hydrazone groups is 2. The quantitative estimate of drug-likeness (QED) is 0.397. The van der Waals surface area contributed by atoms with E-state index >= 15 is 0 Å². The number of rotatable bonds is 3. The fourth-order valence-corrected chi connectivity index (χ4v) is 2.01. The third kappa shape index (κ3) is 5.78. The molecule has 9 heteroatoms. The first-order valence-electron chi connectivity index (χ1n) is 7.30. The summed E-state index contributed by atoms with van der Waals surface area (Å²) in [7, 11) is 3.75. The summed E-state index contributed by atoms with van der Waals surface area (Å²) in [6, 6.07) is 0. The SMILES string of the molecule is CC(/C=N\N(C)C1=NCCCN1)=N/N(C)C1=NCCCN1.I. The van der Waals surface area contributed by atoms with Crippen molar-refractivity contribution in [3.05, 3.63) is 0 Å². The first-order valence-corrected chi connectivity index (χ1v) is 7.30. The van der Waals surface area contributed by atoms with Crippen molar-refractivity contribution in [3.63, 3.8) is 0 Å². The summed E-state index contributed by atoms with van der Waals surface area (Å²) < 4.78 is 0. The lowest BCUT2D eigenvalue weighted by molar-refractivity contribution is 0.497. The number of halogens is 1. The van der Waals surface area contributed by atoms with Gasteiger partial charge in [-0.25, -0.2) is 10.0 Å². The fraction of sp³-hybridized carbons (Fsp3) is 0.692. The van der Waals surface area contributed by atoms with Gasteiger partial charge in [0, 0.05) is 40.3 Å². The van der Waals surface area contributed by atoms with Crippen LogP contribution in [0.15, 0.2) is 20.2 Å². The van der Waals surface area contributed by atoms with Crippen LogP contribution in [0.25, 0.3) is 0 Å². The summed E-state index contributed by atoms with van der Waals surface area (Å²) in [6.45, 7) is 5.50. The van der Waals surface area contributed by atoms with Gasteiger partial charge in [0.1, 0.15) is 0 Å². The normalized spacial score (nSPS) is 18.6. The fourth-order valence-electron chi connectivity index (χ4n) is 2.01. The summed E-state index contributed by atoms with van der Waals surface area (Å²) in [5.41, 5.74) is 0.802. The first-order chi connectivity index (χ1) is 10.2. The third-order valence-electron chi connectivity index (χ3n) is 3.10. The highest BCUT2D eigenvalue weighted by Crippen LogP contribution is 1.96. The summed E-state index contributed by atoms with van der Waals surface area (Å²) in [6.07, 6.45) is 3.86. The molecular weight excluding hydrogens is 395 g/mol. The van der Waals surface area contributed by atoms with E-state index in [4.69, 9.17) is 0 Å². The highest BCUT2D eigenvalue weighted by molar-refractivity contribution is 14.0. The summed E-state index contributed by atoms with van der Waals surface area (Å²) >= 11 is 0. The van der Waals surface area contributed by atoms with Gasteiger partial charge < -0.3 is 10.6 Å². The maximum absolute atomic E-state index is 4.44. The van der Waals surface area contributed by atoms with Gasteiger partial charge in [-0.05, 0) is 19.8 Å². The molecule has 124 valence electrons. The second-order valence-electron chi connectivity index (χ2n) is 5.00. The topological polar surface area (TPSA) is 80.0 Å². The van der Waals surface area contributed by atoms with Crippen LogP contribution in [0.3, 0.4) is 0 Å². The smallest absolute Gasteiger partial charge is 0.214 e. The van der Waals surface area contributed by atoms with Crippen molar-refractivity contribution >= 4 is 47.8 Å². The van der Waals surface area contributed by atoms with Gasteiger partial charge in [-0.1, -0.05) is 0 Å². The van der Waals surface area contributed by atoms with E-state index in [1.807, 2.05) is 21.0 Å². The molecule has 0 saturated heterocycles. The zero-order valence-electron chi connectivity index (χ0n) is 13.4. The number of nitrogens with one attached hydrogen (secondary N) is 2. The lowest BCUT2D eigenvalue weighted by atomic mass is 10.4. The highest BCUT2D eigenvalue weighted by Gasteiger charge is 2.09. The van der Waals surface area contributed by atoms with Gasteiger partial charge in [-0.3, -0.25) is 9.98 Å². The zero-order chi connectivity index (χ0) is 15.1. The molecule has 0 spiro atoms. The Bertz CT molecular complexity index is 471. The van der Waals surface area contributed by atoms with Crippen molar-refractivity contribution in [1.82, 2.24) is 20.7 Å². The Morgan fingerprint density at radius 3 is 2.09 bits per heavy atom. The van der Waals surface area contributed by atoms with E-state index in [0.717, 1.165) is 56.7 Å². The maximum atomic E-state index is 4.44. The standard InChI is InChI=1S/C13H24N8.HI/c1-11(19-21(3)13-16-8-5-9-17-13)10-18-20(2)12-14-6-4-7-15-12;/h10H,4-9H2,1-3H3,(H,14,15)(H,16,17);1H/b18-10-,19-11-;. The van der Waals surface area contributed by atoms with Gasteiger partial charge in [-0.15, -0.1) is 24.0 Å². The van der Waals surface area contributed by atoms with Crippen molar-refractivity contribution in [2.45, 2.75) is 19.8 Å². The van der Waals surface area contributed by atoms with Crippen molar-refractivity contribution in [2.24, 2.45) is 20.2 Å². The van der Waals surface area contributed by atoms with Crippen LogP contribution in [0.2, 0.25) is 0 Å². The van der Waals surface area contributed by atoms with Crippen molar-refractivity contribution < 1.29 is 0 Å². The number of hydrogen-bond acceptors (Lipinski definition) is 8. The molecule has 8 nitrogen and oxygen atoms in total. The average molecular weight is 420 g/mol. The molecule has 2 heterocycles. The van der Waals surface area contributed by atoms with Crippen molar-refractivity contribution in [3.8, 4) is 0 Å². The zero-order valence-corrected chi connectivity index (χ0v) is 15.7.